The molecule has 0 saturated heterocycles. The molecule has 0 radical (unpaired) electrons. The molecule has 1 aliphatic carbocycles. The Hall–Kier alpha value is -1.28. The minimum atomic E-state index is 0.669. The number of anilines is 1. The summed E-state index contributed by atoms with van der Waals surface area (Å²) in [4.78, 5) is 1.51. The molecule has 0 bridgehead atoms. The number of hydrogen-bond donors (Lipinski definition) is 1. The molecule has 0 aliphatic heterocycles. The van der Waals surface area contributed by atoms with Gasteiger partial charge in [0.25, 0.3) is 0 Å². The minimum absolute atomic E-state index is 0.669. The van der Waals surface area contributed by atoms with E-state index < -0.39 is 0 Å². The summed E-state index contributed by atoms with van der Waals surface area (Å²) in [5, 5.41) is 1.35. The zero-order chi connectivity index (χ0) is 10.4. The Morgan fingerprint density at radius 3 is 3.13 bits per heavy atom. The van der Waals surface area contributed by atoms with Crippen molar-refractivity contribution in [3.8, 4) is 0 Å². The highest BCUT2D eigenvalue weighted by Crippen LogP contribution is 2.37. The van der Waals surface area contributed by atoms with Crippen molar-refractivity contribution in [1.82, 2.24) is 0 Å². The summed E-state index contributed by atoms with van der Waals surface area (Å²) in [6.07, 6.45) is 5.73. The van der Waals surface area contributed by atoms with Crippen molar-refractivity contribution in [2.75, 3.05) is 5.73 Å². The molecule has 0 saturated carbocycles. The smallest absolute Gasteiger partial charge is 0.0372 e. The molecule has 0 spiro atoms. The van der Waals surface area contributed by atoms with Crippen molar-refractivity contribution in [2.45, 2.75) is 13.3 Å². The van der Waals surface area contributed by atoms with Crippen LogP contribution in [0.2, 0.25) is 0 Å². The van der Waals surface area contributed by atoms with Crippen LogP contribution in [0.15, 0.2) is 24.3 Å². The van der Waals surface area contributed by atoms with Gasteiger partial charge in [-0.3, -0.25) is 0 Å². The maximum atomic E-state index is 5.80. The second-order valence-corrected chi connectivity index (χ2v) is 5.37. The first-order chi connectivity index (χ1) is 7.24. The van der Waals surface area contributed by atoms with Crippen LogP contribution in [0.4, 0.5) is 5.69 Å². The molecule has 0 unspecified atom stereocenters. The fourth-order valence-electron chi connectivity index (χ4n) is 2.14. The fourth-order valence-corrected chi connectivity index (χ4v) is 3.52. The summed E-state index contributed by atoms with van der Waals surface area (Å²) < 4.78 is 1.32. The van der Waals surface area contributed by atoms with Crippen molar-refractivity contribution < 1.29 is 0 Å². The lowest BCUT2D eigenvalue weighted by atomic mass is 9.96. The van der Waals surface area contributed by atoms with Crippen molar-refractivity contribution >= 4 is 33.2 Å². The summed E-state index contributed by atoms with van der Waals surface area (Å²) in [6, 6.07) is 6.21. The molecule has 1 aliphatic rings. The van der Waals surface area contributed by atoms with Gasteiger partial charge < -0.3 is 5.73 Å². The van der Waals surface area contributed by atoms with E-state index in [1.165, 1.54) is 26.9 Å². The fraction of sp³-hybridized carbons (Fsp3) is 0.231. The average Bonchev–Trinajstić information content (AvgIpc) is 2.53. The van der Waals surface area contributed by atoms with Crippen molar-refractivity contribution in [2.24, 2.45) is 5.92 Å². The van der Waals surface area contributed by atoms with Crippen molar-refractivity contribution in [3.05, 3.63) is 34.7 Å². The topological polar surface area (TPSA) is 26.0 Å². The van der Waals surface area contributed by atoms with Crippen LogP contribution in [-0.4, -0.2) is 0 Å². The van der Waals surface area contributed by atoms with Crippen LogP contribution in [0.5, 0.6) is 0 Å². The molecule has 76 valence electrons. The normalized spacial score (nSPS) is 19.4. The van der Waals surface area contributed by atoms with Crippen LogP contribution in [-0.2, 0) is 6.42 Å². The number of thiophene rings is 1. The molecule has 1 aromatic heterocycles. The Morgan fingerprint density at radius 2 is 2.27 bits per heavy atom. The molecule has 1 heterocycles. The lowest BCUT2D eigenvalue weighted by molar-refractivity contribution is 0.728. The summed E-state index contributed by atoms with van der Waals surface area (Å²) in [6.45, 7) is 2.26. The van der Waals surface area contributed by atoms with Gasteiger partial charge in [-0.05, 0) is 30.0 Å². The third-order valence-electron chi connectivity index (χ3n) is 2.93. The van der Waals surface area contributed by atoms with Gasteiger partial charge >= 0.3 is 0 Å². The van der Waals surface area contributed by atoms with E-state index in [1.807, 2.05) is 17.4 Å². The lowest BCUT2D eigenvalue weighted by Gasteiger charge is -2.10. The maximum Gasteiger partial charge on any atom is 0.0372 e. The van der Waals surface area contributed by atoms with Gasteiger partial charge in [-0.2, -0.15) is 0 Å². The van der Waals surface area contributed by atoms with E-state index in [9.17, 15) is 0 Å². The van der Waals surface area contributed by atoms with Crippen LogP contribution in [0, 0.1) is 5.92 Å². The van der Waals surface area contributed by atoms with Crippen molar-refractivity contribution in [3.63, 3.8) is 0 Å². The Kier molecular flexibility index (Phi) is 1.86. The first-order valence-electron chi connectivity index (χ1n) is 5.23. The second kappa shape index (κ2) is 3.11. The highest BCUT2D eigenvalue weighted by atomic mass is 32.1. The summed E-state index contributed by atoms with van der Waals surface area (Å²) in [5.74, 6) is 0.669. The molecule has 0 amide bonds. The zero-order valence-electron chi connectivity index (χ0n) is 8.66. The van der Waals surface area contributed by atoms with E-state index in [0.29, 0.717) is 5.92 Å². The molecule has 15 heavy (non-hydrogen) atoms. The number of benzene rings is 1. The molecule has 2 heteroatoms. The number of rotatable bonds is 0. The van der Waals surface area contributed by atoms with E-state index >= 15 is 0 Å². The minimum Gasteiger partial charge on any atom is -0.399 e. The number of hydrogen-bond acceptors (Lipinski definition) is 2. The summed E-state index contributed by atoms with van der Waals surface area (Å²) in [7, 11) is 0. The second-order valence-electron chi connectivity index (χ2n) is 4.24. The van der Waals surface area contributed by atoms with E-state index in [4.69, 9.17) is 5.73 Å². The highest BCUT2D eigenvalue weighted by molar-refractivity contribution is 7.19. The van der Waals surface area contributed by atoms with Gasteiger partial charge in [0.05, 0.1) is 0 Å². The molecule has 0 fully saturated rings. The molecule has 2 N–H and O–H groups in total. The first kappa shape index (κ1) is 8.98. The Bertz CT molecular complexity index is 551. The maximum absolute atomic E-state index is 5.80. The van der Waals surface area contributed by atoms with Gasteiger partial charge in [-0.1, -0.05) is 25.1 Å². The van der Waals surface area contributed by atoms with E-state index in [1.54, 1.807) is 0 Å². The first-order valence-corrected chi connectivity index (χ1v) is 6.05. The number of nitrogens with two attached hydrogens (primary N) is 1. The van der Waals surface area contributed by atoms with Gasteiger partial charge in [0.15, 0.2) is 0 Å². The predicted octanol–water partition coefficient (Wildman–Crippen LogP) is 3.69. The lowest BCUT2D eigenvalue weighted by Crippen LogP contribution is -1.99. The van der Waals surface area contributed by atoms with Crippen LogP contribution in [0.1, 0.15) is 17.4 Å². The third-order valence-corrected chi connectivity index (χ3v) is 4.12. The molecule has 2 aromatic rings. The van der Waals surface area contributed by atoms with E-state index in [0.717, 1.165) is 5.69 Å². The molecular weight excluding hydrogens is 202 g/mol. The Labute approximate surface area is 93.2 Å². The molecular formula is C13H13NS. The molecule has 1 aromatic carbocycles. The average molecular weight is 215 g/mol. The van der Waals surface area contributed by atoms with Crippen LogP contribution in [0.3, 0.4) is 0 Å². The van der Waals surface area contributed by atoms with Gasteiger partial charge in [-0.25, -0.2) is 0 Å². The predicted molar refractivity (Wildman–Crippen MR) is 68.1 cm³/mol. The molecule has 1 atom stereocenters. The summed E-state index contributed by atoms with van der Waals surface area (Å²) in [5.41, 5.74) is 8.07. The zero-order valence-corrected chi connectivity index (χ0v) is 9.47. The van der Waals surface area contributed by atoms with Gasteiger partial charge in [0.2, 0.25) is 0 Å². The van der Waals surface area contributed by atoms with Gasteiger partial charge in [0, 0.05) is 20.7 Å². The standard InChI is InChI=1S/C13H13NS/c1-8-2-4-10-11-5-3-9(14)7-13(11)15-12(10)6-8/h2-5,7-8H,6,14H2,1H3/t8-/m0/s1. The Balaban J connectivity index is 2.29. The monoisotopic (exact) mass is 215 g/mol. The van der Waals surface area contributed by atoms with Crippen LogP contribution >= 0.6 is 11.3 Å². The largest absolute Gasteiger partial charge is 0.399 e. The van der Waals surface area contributed by atoms with Crippen molar-refractivity contribution in [1.29, 1.82) is 0 Å². The molecule has 3 rings (SSSR count). The summed E-state index contributed by atoms with van der Waals surface area (Å²) >= 11 is 1.89. The SMILES string of the molecule is C[C@H]1C=Cc2c(sc3cc(N)ccc23)C1. The quantitative estimate of drug-likeness (QED) is 0.666. The van der Waals surface area contributed by atoms with E-state index in [-0.39, 0.29) is 0 Å². The van der Waals surface area contributed by atoms with Gasteiger partial charge in [0.1, 0.15) is 0 Å². The third kappa shape index (κ3) is 1.37. The Morgan fingerprint density at radius 1 is 1.40 bits per heavy atom. The van der Waals surface area contributed by atoms with Gasteiger partial charge in [-0.15, -0.1) is 11.3 Å². The number of fused-ring (bicyclic) bond motifs is 3. The van der Waals surface area contributed by atoms with E-state index in [2.05, 4.69) is 31.2 Å². The number of nitrogen functional groups attached to an aromatic ring is 1. The highest BCUT2D eigenvalue weighted by Gasteiger charge is 2.15. The van der Waals surface area contributed by atoms with Crippen LogP contribution in [0.25, 0.3) is 16.2 Å². The number of allylic oxidation sites excluding steroid dienone is 1. The van der Waals surface area contributed by atoms with Crippen LogP contribution < -0.4 is 5.73 Å². The molecule has 1 nitrogen and oxygen atoms in total.